The summed E-state index contributed by atoms with van der Waals surface area (Å²) in [6, 6.07) is 7.16. The van der Waals surface area contributed by atoms with E-state index in [1.165, 1.54) is 70.6 Å². The maximum Gasteiger partial charge on any atom is 0.397 e. The first-order valence-corrected chi connectivity index (χ1v) is 10.8. The molecule has 0 atom stereocenters. The normalized spacial score (nSPS) is 11.1. The van der Waals surface area contributed by atoms with Gasteiger partial charge in [-0.05, 0) is 18.6 Å². The summed E-state index contributed by atoms with van der Waals surface area (Å²) in [6.07, 6.45) is 17.2. The third kappa shape index (κ3) is 8.59. The van der Waals surface area contributed by atoms with E-state index < -0.39 is 0 Å². The molecule has 4 heteroatoms. The summed E-state index contributed by atoms with van der Waals surface area (Å²) in [5, 5.41) is 0.491. The van der Waals surface area contributed by atoms with Crippen LogP contribution < -0.4 is 10.4 Å². The molecule has 0 unspecified atom stereocenters. The molecule has 0 fully saturated rings. The van der Waals surface area contributed by atoms with Crippen LogP contribution >= 0.6 is 0 Å². The number of nitrogens with zero attached hydrogens (tertiary/aromatic N) is 1. The second-order valence-electron chi connectivity index (χ2n) is 7.38. The first kappa shape index (κ1) is 21.5. The number of fused-ring (bicyclic) bond motifs is 1. The molecule has 0 N–H and O–H groups in total. The Balaban J connectivity index is 1.46. The van der Waals surface area contributed by atoms with Crippen LogP contribution in [0.1, 0.15) is 90.4 Å². The molecule has 0 saturated carbocycles. The van der Waals surface area contributed by atoms with Crippen LogP contribution in [-0.4, -0.2) is 11.6 Å². The lowest BCUT2D eigenvalue weighted by molar-refractivity contribution is 0.211. The smallest absolute Gasteiger partial charge is 0.397 e. The fourth-order valence-electron chi connectivity index (χ4n) is 3.34. The summed E-state index contributed by atoms with van der Waals surface area (Å²) < 4.78 is 10.6. The van der Waals surface area contributed by atoms with Crippen molar-refractivity contribution in [3.8, 4) is 6.08 Å². The standard InChI is InChI=1S/C23H35NO3/c1-2-3-4-5-6-7-8-9-10-11-12-13-16-19-26-23-24-21-18-15-14-17-20(21)22(25)27-23/h14-15,17-18H,2-13,16,19H2,1H3. The molecule has 2 rings (SSSR count). The van der Waals surface area contributed by atoms with Crippen LogP contribution in [0.4, 0.5) is 0 Å². The van der Waals surface area contributed by atoms with Crippen LogP contribution in [0.15, 0.2) is 33.5 Å². The summed E-state index contributed by atoms with van der Waals surface area (Å²) in [7, 11) is 0. The number of ether oxygens (including phenoxy) is 1. The van der Waals surface area contributed by atoms with Crippen molar-refractivity contribution in [3.05, 3.63) is 34.7 Å². The average Bonchev–Trinajstić information content (AvgIpc) is 2.68. The van der Waals surface area contributed by atoms with Crippen molar-refractivity contribution < 1.29 is 9.15 Å². The summed E-state index contributed by atoms with van der Waals surface area (Å²) in [4.78, 5) is 16.1. The zero-order chi connectivity index (χ0) is 19.2. The van der Waals surface area contributed by atoms with Crippen LogP contribution in [0, 0.1) is 0 Å². The molecule has 27 heavy (non-hydrogen) atoms. The third-order valence-corrected chi connectivity index (χ3v) is 4.99. The molecule has 0 amide bonds. The maximum atomic E-state index is 11.9. The number of para-hydroxylation sites is 1. The summed E-state index contributed by atoms with van der Waals surface area (Å²) in [5.41, 5.74) is 0.232. The topological polar surface area (TPSA) is 52.3 Å². The van der Waals surface area contributed by atoms with E-state index >= 15 is 0 Å². The number of unbranched alkanes of at least 4 members (excludes halogenated alkanes) is 12. The zero-order valence-corrected chi connectivity index (χ0v) is 16.9. The maximum absolute atomic E-state index is 11.9. The minimum atomic E-state index is -0.388. The van der Waals surface area contributed by atoms with Crippen molar-refractivity contribution in [2.24, 2.45) is 0 Å². The highest BCUT2D eigenvalue weighted by molar-refractivity contribution is 5.76. The Labute approximate surface area is 163 Å². The van der Waals surface area contributed by atoms with Crippen LogP contribution in [0.2, 0.25) is 0 Å². The molecule has 0 aliphatic carbocycles. The van der Waals surface area contributed by atoms with Gasteiger partial charge in [-0.15, -0.1) is 0 Å². The summed E-state index contributed by atoms with van der Waals surface area (Å²) in [6.45, 7) is 2.82. The minimum Gasteiger partial charge on any atom is -0.450 e. The van der Waals surface area contributed by atoms with Gasteiger partial charge >= 0.3 is 11.7 Å². The highest BCUT2D eigenvalue weighted by atomic mass is 16.6. The van der Waals surface area contributed by atoms with Gasteiger partial charge in [-0.25, -0.2) is 4.79 Å². The fraction of sp³-hybridized carbons (Fsp3) is 0.652. The lowest BCUT2D eigenvalue weighted by Crippen LogP contribution is -2.06. The number of benzene rings is 1. The van der Waals surface area contributed by atoms with Crippen LogP contribution in [-0.2, 0) is 0 Å². The predicted octanol–water partition coefficient (Wildman–Crippen LogP) is 6.66. The summed E-state index contributed by atoms with van der Waals surface area (Å²) >= 11 is 0. The van der Waals surface area contributed by atoms with Crippen molar-refractivity contribution in [1.82, 2.24) is 4.98 Å². The largest absolute Gasteiger partial charge is 0.450 e. The molecule has 1 heterocycles. The first-order valence-electron chi connectivity index (χ1n) is 10.8. The molecule has 0 saturated heterocycles. The number of aromatic nitrogens is 1. The molecular weight excluding hydrogens is 338 g/mol. The van der Waals surface area contributed by atoms with Gasteiger partial charge in [-0.3, -0.25) is 0 Å². The van der Waals surface area contributed by atoms with E-state index in [2.05, 4.69) is 11.9 Å². The van der Waals surface area contributed by atoms with Crippen molar-refractivity contribution in [2.75, 3.05) is 6.61 Å². The Morgan fingerprint density at radius 1 is 0.815 bits per heavy atom. The van der Waals surface area contributed by atoms with E-state index in [1.54, 1.807) is 18.2 Å². The Hall–Kier alpha value is -1.84. The van der Waals surface area contributed by atoms with Gasteiger partial charge in [-0.2, -0.15) is 4.98 Å². The van der Waals surface area contributed by atoms with E-state index in [0.717, 1.165) is 12.8 Å². The molecule has 1 aromatic carbocycles. The predicted molar refractivity (Wildman–Crippen MR) is 111 cm³/mol. The van der Waals surface area contributed by atoms with Gasteiger partial charge in [-0.1, -0.05) is 96.1 Å². The quantitative estimate of drug-likeness (QED) is 0.328. The monoisotopic (exact) mass is 373 g/mol. The van der Waals surface area contributed by atoms with Crippen molar-refractivity contribution in [2.45, 2.75) is 90.4 Å². The average molecular weight is 374 g/mol. The molecule has 0 spiro atoms. The lowest BCUT2D eigenvalue weighted by Gasteiger charge is -2.05. The summed E-state index contributed by atoms with van der Waals surface area (Å²) in [5.74, 6) is 0. The highest BCUT2D eigenvalue weighted by Gasteiger charge is 2.06. The molecule has 0 aliphatic rings. The van der Waals surface area contributed by atoms with E-state index in [4.69, 9.17) is 9.15 Å². The second-order valence-corrected chi connectivity index (χ2v) is 7.38. The Bertz CT molecular complexity index is 695. The van der Waals surface area contributed by atoms with Gasteiger partial charge in [0, 0.05) is 0 Å². The lowest BCUT2D eigenvalue weighted by atomic mass is 10.0. The molecule has 0 aliphatic heterocycles. The Morgan fingerprint density at radius 3 is 2.00 bits per heavy atom. The van der Waals surface area contributed by atoms with Crippen molar-refractivity contribution >= 4 is 10.9 Å². The van der Waals surface area contributed by atoms with Crippen LogP contribution in [0.25, 0.3) is 10.9 Å². The number of hydrogen-bond donors (Lipinski definition) is 0. The van der Waals surface area contributed by atoms with Gasteiger partial charge in [0.05, 0.1) is 17.5 Å². The van der Waals surface area contributed by atoms with Crippen molar-refractivity contribution in [1.29, 1.82) is 0 Å². The van der Waals surface area contributed by atoms with Crippen LogP contribution in [0.3, 0.4) is 0 Å². The first-order chi connectivity index (χ1) is 13.3. The Kier molecular flexibility index (Phi) is 10.6. The molecule has 4 nitrogen and oxygen atoms in total. The van der Waals surface area contributed by atoms with Gasteiger partial charge in [0.2, 0.25) is 0 Å². The number of rotatable bonds is 15. The molecule has 1 aromatic heterocycles. The Morgan fingerprint density at radius 2 is 1.37 bits per heavy atom. The second kappa shape index (κ2) is 13.3. The minimum absolute atomic E-state index is 0.0811. The van der Waals surface area contributed by atoms with E-state index in [9.17, 15) is 4.79 Å². The molecule has 0 radical (unpaired) electrons. The molecule has 2 aromatic rings. The number of hydrogen-bond acceptors (Lipinski definition) is 4. The fourth-order valence-corrected chi connectivity index (χ4v) is 3.34. The van der Waals surface area contributed by atoms with Gasteiger partial charge in [0.1, 0.15) is 0 Å². The zero-order valence-electron chi connectivity index (χ0n) is 16.9. The molecule has 150 valence electrons. The van der Waals surface area contributed by atoms with Crippen molar-refractivity contribution in [3.63, 3.8) is 0 Å². The third-order valence-electron chi connectivity index (χ3n) is 4.99. The van der Waals surface area contributed by atoms with E-state index in [1.807, 2.05) is 6.07 Å². The molecule has 0 bridgehead atoms. The van der Waals surface area contributed by atoms with Gasteiger partial charge in [0.15, 0.2) is 0 Å². The van der Waals surface area contributed by atoms with Gasteiger partial charge in [0.25, 0.3) is 0 Å². The van der Waals surface area contributed by atoms with E-state index in [-0.39, 0.29) is 11.7 Å². The molecular formula is C23H35NO3. The van der Waals surface area contributed by atoms with Gasteiger partial charge < -0.3 is 9.15 Å². The van der Waals surface area contributed by atoms with E-state index in [0.29, 0.717) is 17.5 Å². The highest BCUT2D eigenvalue weighted by Crippen LogP contribution is 2.14. The van der Waals surface area contributed by atoms with Crippen LogP contribution in [0.5, 0.6) is 6.08 Å². The SMILES string of the molecule is CCCCCCCCCCCCCCCOc1nc2ccccc2c(=O)o1.